The molecule has 116 valence electrons. The van der Waals surface area contributed by atoms with Crippen molar-refractivity contribution in [2.75, 3.05) is 26.7 Å². The average molecular weight is 292 g/mol. The lowest BCUT2D eigenvalue weighted by molar-refractivity contribution is -0.136. The van der Waals surface area contributed by atoms with E-state index in [2.05, 4.69) is 22.3 Å². The first kappa shape index (κ1) is 15.8. The molecule has 0 amide bonds. The number of hydrogen-bond acceptors (Lipinski definition) is 4. The molecule has 1 fully saturated rings. The summed E-state index contributed by atoms with van der Waals surface area (Å²) in [7, 11) is 1.65. The number of carbonyl (C=O) groups is 1. The number of carboxylic acids is 1. The van der Waals surface area contributed by atoms with Gasteiger partial charge in [0.15, 0.2) is 0 Å². The molecule has 0 unspecified atom stereocenters. The van der Waals surface area contributed by atoms with E-state index >= 15 is 0 Å². The molecule has 5 heteroatoms. The fraction of sp³-hybridized carbons (Fsp3) is 0.562. The summed E-state index contributed by atoms with van der Waals surface area (Å²) in [6, 6.07) is 6.19. The number of likely N-dealkylation sites (tertiary alicyclic amines) is 1. The lowest BCUT2D eigenvalue weighted by Crippen LogP contribution is -2.29. The lowest BCUT2D eigenvalue weighted by Gasteiger charge is -2.26. The van der Waals surface area contributed by atoms with E-state index in [1.54, 1.807) is 7.11 Å². The molecule has 21 heavy (non-hydrogen) atoms. The normalized spacial score (nSPS) is 15.9. The minimum absolute atomic E-state index is 0.0430. The summed E-state index contributed by atoms with van der Waals surface area (Å²) in [5, 5.41) is 11.5. The third-order valence-electron chi connectivity index (χ3n) is 3.80. The quantitative estimate of drug-likeness (QED) is 0.803. The van der Waals surface area contributed by atoms with E-state index in [1.165, 1.54) is 37.9 Å². The van der Waals surface area contributed by atoms with Gasteiger partial charge in [-0.3, -0.25) is 9.69 Å². The highest BCUT2D eigenvalue weighted by molar-refractivity contribution is 5.69. The van der Waals surface area contributed by atoms with Crippen LogP contribution >= 0.6 is 0 Å². The first-order valence-corrected chi connectivity index (χ1v) is 7.49. The van der Waals surface area contributed by atoms with Gasteiger partial charge in [-0.05, 0) is 37.6 Å². The summed E-state index contributed by atoms with van der Waals surface area (Å²) in [6.07, 6.45) is 3.91. The van der Waals surface area contributed by atoms with Crippen molar-refractivity contribution < 1.29 is 14.6 Å². The van der Waals surface area contributed by atoms with Crippen LogP contribution in [0.3, 0.4) is 0 Å². The summed E-state index contributed by atoms with van der Waals surface area (Å²) in [4.78, 5) is 13.0. The van der Waals surface area contributed by atoms with Gasteiger partial charge >= 0.3 is 5.97 Å². The van der Waals surface area contributed by atoms with Crippen LogP contribution in [0.1, 0.15) is 30.4 Å². The van der Waals surface area contributed by atoms with Gasteiger partial charge in [-0.2, -0.15) is 0 Å². The van der Waals surface area contributed by atoms with E-state index < -0.39 is 5.97 Å². The fourth-order valence-corrected chi connectivity index (χ4v) is 2.71. The number of benzene rings is 1. The number of nitrogens with zero attached hydrogens (tertiary/aromatic N) is 1. The van der Waals surface area contributed by atoms with Crippen molar-refractivity contribution in [1.29, 1.82) is 0 Å². The highest BCUT2D eigenvalue weighted by atomic mass is 16.5. The second kappa shape index (κ2) is 8.00. The monoisotopic (exact) mass is 292 g/mol. The Kier molecular flexibility index (Phi) is 6.02. The Morgan fingerprint density at radius 2 is 2.10 bits per heavy atom. The van der Waals surface area contributed by atoms with E-state index in [1.807, 2.05) is 6.07 Å². The lowest BCUT2D eigenvalue weighted by atomic mass is 10.1. The fourth-order valence-electron chi connectivity index (χ4n) is 2.71. The van der Waals surface area contributed by atoms with Gasteiger partial charge in [-0.1, -0.05) is 18.6 Å². The first-order valence-electron chi connectivity index (χ1n) is 7.49. The maximum absolute atomic E-state index is 10.5. The molecule has 0 saturated carbocycles. The molecule has 2 rings (SSSR count). The molecule has 5 nitrogen and oxygen atoms in total. The van der Waals surface area contributed by atoms with Crippen LogP contribution in [-0.4, -0.2) is 42.7 Å². The Labute approximate surface area is 125 Å². The molecule has 2 N–H and O–H groups in total. The van der Waals surface area contributed by atoms with Crippen molar-refractivity contribution in [2.45, 2.75) is 32.4 Å². The summed E-state index contributed by atoms with van der Waals surface area (Å²) >= 11 is 0. The van der Waals surface area contributed by atoms with Crippen molar-refractivity contribution >= 4 is 5.97 Å². The third-order valence-corrected chi connectivity index (χ3v) is 3.80. The maximum Gasteiger partial charge on any atom is 0.317 e. The van der Waals surface area contributed by atoms with Crippen LogP contribution < -0.4 is 10.1 Å². The first-order chi connectivity index (χ1) is 10.2. The van der Waals surface area contributed by atoms with Gasteiger partial charge in [0.1, 0.15) is 5.75 Å². The number of hydrogen-bond donors (Lipinski definition) is 2. The Morgan fingerprint density at radius 1 is 1.33 bits per heavy atom. The van der Waals surface area contributed by atoms with Crippen LogP contribution in [-0.2, 0) is 17.9 Å². The van der Waals surface area contributed by atoms with Gasteiger partial charge in [0.2, 0.25) is 0 Å². The van der Waals surface area contributed by atoms with Crippen molar-refractivity contribution in [3.8, 4) is 5.75 Å². The van der Waals surface area contributed by atoms with Crippen LogP contribution in [0.25, 0.3) is 0 Å². The van der Waals surface area contributed by atoms with Gasteiger partial charge in [-0.25, -0.2) is 0 Å². The maximum atomic E-state index is 10.5. The van der Waals surface area contributed by atoms with E-state index in [9.17, 15) is 4.79 Å². The van der Waals surface area contributed by atoms with E-state index in [0.29, 0.717) is 6.54 Å². The zero-order valence-corrected chi connectivity index (χ0v) is 12.6. The Bertz CT molecular complexity index is 471. The number of methoxy groups -OCH3 is 1. The predicted octanol–water partition coefficient (Wildman–Crippen LogP) is 1.86. The van der Waals surface area contributed by atoms with E-state index in [4.69, 9.17) is 9.84 Å². The summed E-state index contributed by atoms with van der Waals surface area (Å²) in [5.41, 5.74) is 2.23. The molecule has 1 aromatic rings. The summed E-state index contributed by atoms with van der Waals surface area (Å²) < 4.78 is 5.43. The molecule has 0 aromatic heterocycles. The number of piperidine rings is 1. The molecule has 0 aliphatic carbocycles. The molecule has 0 radical (unpaired) electrons. The molecule has 0 atom stereocenters. The van der Waals surface area contributed by atoms with Gasteiger partial charge in [0, 0.05) is 18.7 Å². The largest absolute Gasteiger partial charge is 0.496 e. The molecule has 1 saturated heterocycles. The highest BCUT2D eigenvalue weighted by Crippen LogP contribution is 2.22. The van der Waals surface area contributed by atoms with Crippen LogP contribution in [0.4, 0.5) is 0 Å². The number of rotatable bonds is 7. The molecule has 0 spiro atoms. The SMILES string of the molecule is COc1cc(CN2CCCCC2)ccc1CNCC(=O)O. The third kappa shape index (κ3) is 5.02. The second-order valence-electron chi connectivity index (χ2n) is 5.48. The average Bonchev–Trinajstić information content (AvgIpc) is 2.49. The zero-order chi connectivity index (χ0) is 15.1. The molecule has 0 bridgehead atoms. The van der Waals surface area contributed by atoms with Gasteiger partial charge in [0.05, 0.1) is 13.7 Å². The molecule has 1 heterocycles. The van der Waals surface area contributed by atoms with E-state index in [-0.39, 0.29) is 6.54 Å². The van der Waals surface area contributed by atoms with Gasteiger partial charge in [-0.15, -0.1) is 0 Å². The van der Waals surface area contributed by atoms with Crippen LogP contribution in [0, 0.1) is 0 Å². The standard InChI is InChI=1S/C16H24N2O3/c1-21-15-9-13(12-18-7-3-2-4-8-18)5-6-14(15)10-17-11-16(19)20/h5-6,9,17H,2-4,7-8,10-12H2,1H3,(H,19,20). The summed E-state index contributed by atoms with van der Waals surface area (Å²) in [5.74, 6) is -0.0296. The number of carboxylic acid groups (broad SMARTS) is 1. The molecular weight excluding hydrogens is 268 g/mol. The molecule has 1 aliphatic heterocycles. The van der Waals surface area contributed by atoms with Crippen molar-refractivity contribution in [1.82, 2.24) is 10.2 Å². The molecule has 1 aromatic carbocycles. The minimum atomic E-state index is -0.851. The van der Waals surface area contributed by atoms with Crippen molar-refractivity contribution in [3.05, 3.63) is 29.3 Å². The predicted molar refractivity (Wildman–Crippen MR) is 81.5 cm³/mol. The Hall–Kier alpha value is -1.59. The van der Waals surface area contributed by atoms with Gasteiger partial charge in [0.25, 0.3) is 0 Å². The number of nitrogens with one attached hydrogen (secondary N) is 1. The van der Waals surface area contributed by atoms with E-state index in [0.717, 1.165) is 17.9 Å². The Morgan fingerprint density at radius 3 is 2.76 bits per heavy atom. The molecule has 1 aliphatic rings. The summed E-state index contributed by atoms with van der Waals surface area (Å²) in [6.45, 7) is 3.76. The number of aliphatic carboxylic acids is 1. The van der Waals surface area contributed by atoms with Gasteiger partial charge < -0.3 is 15.2 Å². The molecular formula is C16H24N2O3. The topological polar surface area (TPSA) is 61.8 Å². The van der Waals surface area contributed by atoms with Crippen LogP contribution in [0.5, 0.6) is 5.75 Å². The van der Waals surface area contributed by atoms with Crippen molar-refractivity contribution in [3.63, 3.8) is 0 Å². The smallest absolute Gasteiger partial charge is 0.317 e. The van der Waals surface area contributed by atoms with Crippen molar-refractivity contribution in [2.24, 2.45) is 0 Å². The van der Waals surface area contributed by atoms with Crippen LogP contribution in [0.15, 0.2) is 18.2 Å². The Balaban J connectivity index is 1.96. The van der Waals surface area contributed by atoms with Crippen LogP contribution in [0.2, 0.25) is 0 Å². The number of ether oxygens (including phenoxy) is 1. The highest BCUT2D eigenvalue weighted by Gasteiger charge is 2.12. The second-order valence-corrected chi connectivity index (χ2v) is 5.48. The zero-order valence-electron chi connectivity index (χ0n) is 12.6. The minimum Gasteiger partial charge on any atom is -0.496 e.